The molecule has 0 aromatic heterocycles. The number of hydrogen-bond donors (Lipinski definition) is 0. The molecule has 0 fully saturated rings. The van der Waals surface area contributed by atoms with E-state index in [2.05, 4.69) is 20.4 Å². The van der Waals surface area contributed by atoms with Crippen molar-refractivity contribution >= 4 is 7.82 Å². The van der Waals surface area contributed by atoms with Crippen molar-refractivity contribution in [2.45, 2.75) is 78.1 Å². The molecule has 5 heteroatoms. The molecule has 0 aliphatic heterocycles. The van der Waals surface area contributed by atoms with Crippen LogP contribution in [0.25, 0.3) is 0 Å². The van der Waals surface area contributed by atoms with Crippen LogP contribution in [0.2, 0.25) is 0 Å². The highest BCUT2D eigenvalue weighted by atomic mass is 31.2. The molecule has 132 valence electrons. The Morgan fingerprint density at radius 1 is 0.773 bits per heavy atom. The molecule has 0 unspecified atom stereocenters. The van der Waals surface area contributed by atoms with Gasteiger partial charge in [0, 0.05) is 0 Å². The Balaban J connectivity index is 3.90. The maximum Gasteiger partial charge on any atom is 0.475 e. The smallest absolute Gasteiger partial charge is 0.287 e. The van der Waals surface area contributed by atoms with Crippen LogP contribution in [-0.4, -0.2) is 19.8 Å². The molecule has 0 aromatic carbocycles. The van der Waals surface area contributed by atoms with E-state index in [0.717, 1.165) is 25.7 Å². The van der Waals surface area contributed by atoms with E-state index in [9.17, 15) is 4.57 Å². The summed E-state index contributed by atoms with van der Waals surface area (Å²) in [6, 6.07) is 0. The molecule has 0 saturated heterocycles. The Morgan fingerprint density at radius 3 is 1.64 bits per heavy atom. The average Bonchev–Trinajstić information content (AvgIpc) is 2.52. The van der Waals surface area contributed by atoms with Crippen LogP contribution in [0.3, 0.4) is 0 Å². The molecule has 0 atom stereocenters. The molecule has 22 heavy (non-hydrogen) atoms. The second kappa shape index (κ2) is 15.7. The van der Waals surface area contributed by atoms with Crippen LogP contribution in [0.15, 0.2) is 12.7 Å². The monoisotopic (exact) mass is 334 g/mol. The van der Waals surface area contributed by atoms with Crippen LogP contribution in [0.5, 0.6) is 0 Å². The highest BCUT2D eigenvalue weighted by molar-refractivity contribution is 7.48. The normalized spacial score (nSPS) is 11.7. The van der Waals surface area contributed by atoms with Gasteiger partial charge in [-0.2, -0.15) is 0 Å². The molecule has 0 radical (unpaired) electrons. The predicted octanol–water partition coefficient (Wildman–Crippen LogP) is 6.27. The van der Waals surface area contributed by atoms with Gasteiger partial charge in [0.15, 0.2) is 0 Å². The fourth-order valence-electron chi connectivity index (χ4n) is 2.02. The van der Waals surface area contributed by atoms with E-state index in [4.69, 9.17) is 13.6 Å². The first-order valence-electron chi connectivity index (χ1n) is 8.83. The minimum Gasteiger partial charge on any atom is -0.287 e. The standard InChI is InChI=1S/C17H35O4P/c1-4-7-9-11-13-16-20-22(18,19-15-6-3)21-17-14-12-10-8-5-2/h6H,3-5,7-17H2,1-2H3. The van der Waals surface area contributed by atoms with Crippen molar-refractivity contribution in [2.24, 2.45) is 0 Å². The van der Waals surface area contributed by atoms with E-state index < -0.39 is 7.82 Å². The summed E-state index contributed by atoms with van der Waals surface area (Å²) >= 11 is 0. The lowest BCUT2D eigenvalue weighted by atomic mass is 10.2. The number of phosphoric ester groups is 1. The molecule has 0 aliphatic carbocycles. The molecular formula is C17H35O4P. The van der Waals surface area contributed by atoms with Gasteiger partial charge < -0.3 is 0 Å². The summed E-state index contributed by atoms with van der Waals surface area (Å²) in [5, 5.41) is 0. The van der Waals surface area contributed by atoms with Crippen molar-refractivity contribution in [3.05, 3.63) is 12.7 Å². The van der Waals surface area contributed by atoms with Gasteiger partial charge in [0.1, 0.15) is 0 Å². The van der Waals surface area contributed by atoms with Gasteiger partial charge in [-0.05, 0) is 12.8 Å². The van der Waals surface area contributed by atoms with Gasteiger partial charge in [0.05, 0.1) is 19.8 Å². The summed E-state index contributed by atoms with van der Waals surface area (Å²) in [5.74, 6) is 0. The first-order chi connectivity index (χ1) is 10.7. The summed E-state index contributed by atoms with van der Waals surface area (Å²) < 4.78 is 28.5. The quantitative estimate of drug-likeness (QED) is 0.179. The fourth-order valence-corrected chi connectivity index (χ4v) is 3.24. The van der Waals surface area contributed by atoms with Crippen molar-refractivity contribution in [3.63, 3.8) is 0 Å². The highest BCUT2D eigenvalue weighted by Gasteiger charge is 2.25. The zero-order valence-electron chi connectivity index (χ0n) is 14.6. The topological polar surface area (TPSA) is 44.8 Å². The molecule has 0 saturated carbocycles. The first-order valence-corrected chi connectivity index (χ1v) is 10.3. The maximum absolute atomic E-state index is 12.4. The number of phosphoric acid groups is 1. The Labute approximate surface area is 137 Å². The molecule has 0 rings (SSSR count). The molecule has 0 amide bonds. The highest BCUT2D eigenvalue weighted by Crippen LogP contribution is 2.49. The van der Waals surface area contributed by atoms with Crippen molar-refractivity contribution < 1.29 is 18.1 Å². The van der Waals surface area contributed by atoms with E-state index in [1.54, 1.807) is 6.08 Å². The minimum atomic E-state index is -3.42. The first kappa shape index (κ1) is 21.9. The Bertz CT molecular complexity index is 274. The van der Waals surface area contributed by atoms with Crippen molar-refractivity contribution in [1.29, 1.82) is 0 Å². The predicted molar refractivity (Wildman–Crippen MR) is 93.2 cm³/mol. The van der Waals surface area contributed by atoms with Crippen molar-refractivity contribution in [1.82, 2.24) is 0 Å². The molecule has 0 aromatic rings. The molecule has 0 N–H and O–H groups in total. The Kier molecular flexibility index (Phi) is 15.6. The van der Waals surface area contributed by atoms with Gasteiger partial charge >= 0.3 is 7.82 Å². The third-order valence-corrected chi connectivity index (χ3v) is 4.81. The lowest BCUT2D eigenvalue weighted by Gasteiger charge is -2.17. The summed E-state index contributed by atoms with van der Waals surface area (Å²) in [4.78, 5) is 0. The van der Waals surface area contributed by atoms with E-state index in [0.29, 0.717) is 13.2 Å². The van der Waals surface area contributed by atoms with Gasteiger partial charge in [-0.25, -0.2) is 4.57 Å². The fraction of sp³-hybridized carbons (Fsp3) is 0.882. The second-order valence-electron chi connectivity index (χ2n) is 5.53. The third kappa shape index (κ3) is 13.5. The lowest BCUT2D eigenvalue weighted by Crippen LogP contribution is -2.03. The van der Waals surface area contributed by atoms with Gasteiger partial charge in [-0.15, -0.1) is 6.58 Å². The summed E-state index contributed by atoms with van der Waals surface area (Å²) in [5.41, 5.74) is 0. The van der Waals surface area contributed by atoms with Crippen LogP contribution in [-0.2, 0) is 18.1 Å². The van der Waals surface area contributed by atoms with Crippen molar-refractivity contribution in [2.75, 3.05) is 19.8 Å². The lowest BCUT2D eigenvalue weighted by molar-refractivity contribution is 0.118. The van der Waals surface area contributed by atoms with Gasteiger partial charge in [0.25, 0.3) is 0 Å². The maximum atomic E-state index is 12.4. The van der Waals surface area contributed by atoms with Gasteiger partial charge in [-0.1, -0.05) is 71.3 Å². The zero-order chi connectivity index (χ0) is 16.5. The SMILES string of the molecule is C=CCOP(=O)(OCCCCCCC)OCCCCCCC. The minimum absolute atomic E-state index is 0.183. The van der Waals surface area contributed by atoms with E-state index >= 15 is 0 Å². The van der Waals surface area contributed by atoms with E-state index in [-0.39, 0.29) is 6.61 Å². The van der Waals surface area contributed by atoms with Crippen LogP contribution in [0.1, 0.15) is 78.1 Å². The number of unbranched alkanes of at least 4 members (excludes halogenated alkanes) is 8. The zero-order valence-corrected chi connectivity index (χ0v) is 15.5. The summed E-state index contributed by atoms with van der Waals surface area (Å²) in [7, 11) is -3.42. The summed E-state index contributed by atoms with van der Waals surface area (Å²) in [6.45, 7) is 8.96. The van der Waals surface area contributed by atoms with Crippen LogP contribution < -0.4 is 0 Å². The van der Waals surface area contributed by atoms with Crippen LogP contribution in [0.4, 0.5) is 0 Å². The molecule has 0 bridgehead atoms. The van der Waals surface area contributed by atoms with Gasteiger partial charge in [-0.3, -0.25) is 13.6 Å². The van der Waals surface area contributed by atoms with Crippen LogP contribution >= 0.6 is 7.82 Å². The number of rotatable bonds is 17. The third-order valence-electron chi connectivity index (χ3n) is 3.35. The van der Waals surface area contributed by atoms with Gasteiger partial charge in [0.2, 0.25) is 0 Å². The molecule has 0 heterocycles. The average molecular weight is 334 g/mol. The van der Waals surface area contributed by atoms with E-state index in [1.807, 2.05) is 0 Å². The molecular weight excluding hydrogens is 299 g/mol. The Morgan fingerprint density at radius 2 is 1.23 bits per heavy atom. The molecule has 4 nitrogen and oxygen atoms in total. The molecule has 0 aliphatic rings. The Hall–Kier alpha value is -0.150. The van der Waals surface area contributed by atoms with Crippen molar-refractivity contribution in [3.8, 4) is 0 Å². The number of hydrogen-bond acceptors (Lipinski definition) is 4. The van der Waals surface area contributed by atoms with Crippen LogP contribution in [0, 0.1) is 0 Å². The largest absolute Gasteiger partial charge is 0.475 e. The van der Waals surface area contributed by atoms with E-state index in [1.165, 1.54) is 38.5 Å². The molecule has 0 spiro atoms. The summed E-state index contributed by atoms with van der Waals surface area (Å²) in [6.07, 6.45) is 12.8. The second-order valence-corrected chi connectivity index (χ2v) is 7.20.